The van der Waals surface area contributed by atoms with Gasteiger partial charge in [-0.05, 0) is 51.0 Å². The molecule has 1 rings (SSSR count). The van der Waals surface area contributed by atoms with E-state index in [1.807, 2.05) is 0 Å². The molecule has 0 aromatic heterocycles. The average molecular weight is 268 g/mol. The molecule has 1 unspecified atom stereocenters. The Morgan fingerprint density at radius 2 is 2.11 bits per heavy atom. The van der Waals surface area contributed by atoms with E-state index in [4.69, 9.17) is 0 Å². The van der Waals surface area contributed by atoms with Gasteiger partial charge in [-0.2, -0.15) is 0 Å². The molecule has 19 heavy (non-hydrogen) atoms. The van der Waals surface area contributed by atoms with Gasteiger partial charge in [0, 0.05) is 25.6 Å². The van der Waals surface area contributed by atoms with Crippen LogP contribution in [-0.4, -0.2) is 36.5 Å². The lowest BCUT2D eigenvalue weighted by Crippen LogP contribution is -2.33. The van der Waals surface area contributed by atoms with Crippen molar-refractivity contribution in [3.05, 3.63) is 0 Å². The smallest absolute Gasteiger partial charge is 0.222 e. The Morgan fingerprint density at radius 1 is 1.37 bits per heavy atom. The molecule has 0 aliphatic carbocycles. The Bertz CT molecular complexity index is 276. The van der Waals surface area contributed by atoms with Crippen molar-refractivity contribution < 1.29 is 4.79 Å². The van der Waals surface area contributed by atoms with E-state index < -0.39 is 0 Å². The van der Waals surface area contributed by atoms with Crippen LogP contribution in [-0.2, 0) is 4.79 Å². The number of hydrogen-bond acceptors (Lipinski definition) is 2. The predicted octanol–water partition coefficient (Wildman–Crippen LogP) is 3.19. The number of carbonyl (C=O) groups is 1. The van der Waals surface area contributed by atoms with Crippen molar-refractivity contribution in [3.63, 3.8) is 0 Å². The largest absolute Gasteiger partial charge is 0.343 e. The van der Waals surface area contributed by atoms with Gasteiger partial charge >= 0.3 is 0 Å². The maximum atomic E-state index is 12.1. The molecule has 1 saturated heterocycles. The molecule has 1 atom stereocenters. The summed E-state index contributed by atoms with van der Waals surface area (Å²) in [6.45, 7) is 12.0. The molecule has 1 aliphatic rings. The zero-order valence-corrected chi connectivity index (χ0v) is 13.3. The summed E-state index contributed by atoms with van der Waals surface area (Å²) in [5.41, 5.74) is 0.334. The van der Waals surface area contributed by atoms with Crippen LogP contribution < -0.4 is 5.32 Å². The fourth-order valence-electron chi connectivity index (χ4n) is 2.61. The van der Waals surface area contributed by atoms with Crippen molar-refractivity contribution in [3.8, 4) is 0 Å². The molecule has 3 heteroatoms. The van der Waals surface area contributed by atoms with Gasteiger partial charge in [-0.1, -0.05) is 20.8 Å². The third-order valence-electron chi connectivity index (χ3n) is 4.23. The lowest BCUT2D eigenvalue weighted by Gasteiger charge is -2.24. The molecule has 1 N–H and O–H groups in total. The molecular formula is C16H32N2O. The van der Waals surface area contributed by atoms with Crippen molar-refractivity contribution in [1.82, 2.24) is 10.2 Å². The SMILES string of the molecule is CCCNC(C)CCCN1CCC(C)(C)CCC1=O. The van der Waals surface area contributed by atoms with Gasteiger partial charge in [0.15, 0.2) is 0 Å². The first-order valence-electron chi connectivity index (χ1n) is 7.96. The van der Waals surface area contributed by atoms with E-state index in [-0.39, 0.29) is 0 Å². The Balaban J connectivity index is 2.26. The van der Waals surface area contributed by atoms with E-state index in [0.29, 0.717) is 17.4 Å². The summed E-state index contributed by atoms with van der Waals surface area (Å²) >= 11 is 0. The van der Waals surface area contributed by atoms with Gasteiger partial charge in [0.05, 0.1) is 0 Å². The van der Waals surface area contributed by atoms with Crippen LogP contribution in [0.2, 0.25) is 0 Å². The van der Waals surface area contributed by atoms with Gasteiger partial charge in [0.25, 0.3) is 0 Å². The lowest BCUT2D eigenvalue weighted by atomic mass is 9.85. The van der Waals surface area contributed by atoms with Crippen molar-refractivity contribution in [1.29, 1.82) is 0 Å². The second kappa shape index (κ2) is 7.88. The fraction of sp³-hybridized carbons (Fsp3) is 0.938. The molecule has 1 amide bonds. The Hall–Kier alpha value is -0.570. The van der Waals surface area contributed by atoms with Gasteiger partial charge in [-0.15, -0.1) is 0 Å². The quantitative estimate of drug-likeness (QED) is 0.769. The first kappa shape index (κ1) is 16.5. The summed E-state index contributed by atoms with van der Waals surface area (Å²) in [5, 5.41) is 3.50. The Kier molecular flexibility index (Phi) is 6.84. The molecule has 1 heterocycles. The van der Waals surface area contributed by atoms with E-state index >= 15 is 0 Å². The highest BCUT2D eigenvalue weighted by Gasteiger charge is 2.26. The molecule has 1 fully saturated rings. The van der Waals surface area contributed by atoms with E-state index in [1.54, 1.807) is 0 Å². The van der Waals surface area contributed by atoms with E-state index in [9.17, 15) is 4.79 Å². The van der Waals surface area contributed by atoms with Gasteiger partial charge in [0.1, 0.15) is 0 Å². The van der Waals surface area contributed by atoms with E-state index in [1.165, 1.54) is 6.42 Å². The molecule has 0 spiro atoms. The zero-order valence-electron chi connectivity index (χ0n) is 13.3. The Labute approximate surface area is 119 Å². The van der Waals surface area contributed by atoms with Crippen molar-refractivity contribution in [2.45, 2.75) is 72.3 Å². The molecule has 1 aliphatic heterocycles. The third kappa shape index (κ3) is 6.42. The second-order valence-corrected chi connectivity index (χ2v) is 6.79. The van der Waals surface area contributed by atoms with Gasteiger partial charge < -0.3 is 10.2 Å². The maximum Gasteiger partial charge on any atom is 0.222 e. The van der Waals surface area contributed by atoms with Crippen molar-refractivity contribution in [2.75, 3.05) is 19.6 Å². The average Bonchev–Trinajstić information content (AvgIpc) is 2.49. The summed E-state index contributed by atoms with van der Waals surface area (Å²) in [4.78, 5) is 14.1. The third-order valence-corrected chi connectivity index (χ3v) is 4.23. The van der Waals surface area contributed by atoms with Crippen LogP contribution in [0.4, 0.5) is 0 Å². The number of rotatable bonds is 7. The summed E-state index contributed by atoms with van der Waals surface area (Å²) in [6, 6.07) is 0.568. The van der Waals surface area contributed by atoms with Gasteiger partial charge in [-0.25, -0.2) is 0 Å². The van der Waals surface area contributed by atoms with Crippen molar-refractivity contribution >= 4 is 5.91 Å². The minimum atomic E-state index is 0.334. The summed E-state index contributed by atoms with van der Waals surface area (Å²) in [6.07, 6.45) is 6.37. The van der Waals surface area contributed by atoms with Crippen LogP contribution in [0, 0.1) is 5.41 Å². The Morgan fingerprint density at radius 3 is 2.79 bits per heavy atom. The van der Waals surface area contributed by atoms with E-state index in [2.05, 4.69) is 37.9 Å². The summed E-state index contributed by atoms with van der Waals surface area (Å²) in [5.74, 6) is 0.361. The fourth-order valence-corrected chi connectivity index (χ4v) is 2.61. The first-order valence-corrected chi connectivity index (χ1v) is 7.96. The maximum absolute atomic E-state index is 12.1. The predicted molar refractivity (Wildman–Crippen MR) is 81.2 cm³/mol. The number of amides is 1. The monoisotopic (exact) mass is 268 g/mol. The molecule has 0 saturated carbocycles. The molecule has 0 aromatic carbocycles. The molecule has 0 aromatic rings. The molecule has 0 bridgehead atoms. The minimum absolute atomic E-state index is 0.334. The number of nitrogens with one attached hydrogen (secondary N) is 1. The summed E-state index contributed by atoms with van der Waals surface area (Å²) < 4.78 is 0. The van der Waals surface area contributed by atoms with Gasteiger partial charge in [0.2, 0.25) is 5.91 Å². The van der Waals surface area contributed by atoms with Crippen LogP contribution in [0.1, 0.15) is 66.2 Å². The highest BCUT2D eigenvalue weighted by molar-refractivity contribution is 5.76. The minimum Gasteiger partial charge on any atom is -0.343 e. The molecule has 3 nitrogen and oxygen atoms in total. The number of hydrogen-bond donors (Lipinski definition) is 1. The van der Waals surface area contributed by atoms with Crippen LogP contribution in [0.15, 0.2) is 0 Å². The van der Waals surface area contributed by atoms with Crippen LogP contribution >= 0.6 is 0 Å². The highest BCUT2D eigenvalue weighted by Crippen LogP contribution is 2.30. The molecule has 0 radical (unpaired) electrons. The lowest BCUT2D eigenvalue weighted by molar-refractivity contribution is -0.130. The topological polar surface area (TPSA) is 32.3 Å². The molecular weight excluding hydrogens is 236 g/mol. The number of nitrogens with zero attached hydrogens (tertiary/aromatic N) is 1. The summed E-state index contributed by atoms with van der Waals surface area (Å²) in [7, 11) is 0. The number of carbonyl (C=O) groups excluding carboxylic acids is 1. The van der Waals surface area contributed by atoms with Gasteiger partial charge in [-0.3, -0.25) is 4.79 Å². The normalized spacial score (nSPS) is 21.3. The zero-order chi connectivity index (χ0) is 14.3. The standard InChI is InChI=1S/C16H32N2O/c1-5-11-17-14(2)7-6-12-18-13-10-16(3,4)9-8-15(18)19/h14,17H,5-13H2,1-4H3. The van der Waals surface area contributed by atoms with Crippen LogP contribution in [0.5, 0.6) is 0 Å². The highest BCUT2D eigenvalue weighted by atomic mass is 16.2. The molecule has 112 valence electrons. The van der Waals surface area contributed by atoms with Crippen LogP contribution in [0.3, 0.4) is 0 Å². The van der Waals surface area contributed by atoms with E-state index in [0.717, 1.165) is 51.7 Å². The number of likely N-dealkylation sites (tertiary alicyclic amines) is 1. The first-order chi connectivity index (χ1) is 8.94. The second-order valence-electron chi connectivity index (χ2n) is 6.79. The van der Waals surface area contributed by atoms with Crippen LogP contribution in [0.25, 0.3) is 0 Å². The van der Waals surface area contributed by atoms with Crippen molar-refractivity contribution in [2.24, 2.45) is 5.41 Å².